The van der Waals surface area contributed by atoms with Crippen molar-refractivity contribution in [2.75, 3.05) is 19.8 Å². The molecule has 0 saturated heterocycles. The van der Waals surface area contributed by atoms with Crippen molar-refractivity contribution >= 4 is 0 Å². The molecular weight excluding hydrogens is 210 g/mol. The van der Waals surface area contributed by atoms with Gasteiger partial charge >= 0.3 is 0 Å². The summed E-state index contributed by atoms with van der Waals surface area (Å²) in [6.45, 7) is 9.61. The van der Waals surface area contributed by atoms with Crippen LogP contribution in [0.3, 0.4) is 0 Å². The van der Waals surface area contributed by atoms with Crippen LogP contribution in [0.1, 0.15) is 59.3 Å². The van der Waals surface area contributed by atoms with Crippen LogP contribution in [0.25, 0.3) is 0 Å². The Balaban J connectivity index is 2.30. The summed E-state index contributed by atoms with van der Waals surface area (Å²) in [5, 5.41) is 3.69. The van der Waals surface area contributed by atoms with Gasteiger partial charge in [0.1, 0.15) is 0 Å². The highest BCUT2D eigenvalue weighted by Gasteiger charge is 2.23. The van der Waals surface area contributed by atoms with Crippen LogP contribution in [0.4, 0.5) is 0 Å². The fraction of sp³-hybridized carbons (Fsp3) is 1.00. The third kappa shape index (κ3) is 6.42. The molecule has 0 spiro atoms. The summed E-state index contributed by atoms with van der Waals surface area (Å²) in [7, 11) is 0. The van der Waals surface area contributed by atoms with Crippen LogP contribution in [-0.2, 0) is 4.74 Å². The van der Waals surface area contributed by atoms with Gasteiger partial charge in [0, 0.05) is 12.6 Å². The van der Waals surface area contributed by atoms with Gasteiger partial charge in [-0.2, -0.15) is 0 Å². The third-order valence-electron chi connectivity index (χ3n) is 3.62. The normalized spacial score (nSPS) is 19.8. The molecule has 0 bridgehead atoms. The van der Waals surface area contributed by atoms with Crippen molar-refractivity contribution in [2.24, 2.45) is 11.8 Å². The van der Waals surface area contributed by atoms with Crippen LogP contribution in [0.5, 0.6) is 0 Å². The summed E-state index contributed by atoms with van der Waals surface area (Å²) in [6, 6.07) is 0.592. The van der Waals surface area contributed by atoms with Gasteiger partial charge in [0.15, 0.2) is 0 Å². The molecule has 1 aliphatic carbocycles. The molecule has 1 fully saturated rings. The fourth-order valence-electron chi connectivity index (χ4n) is 2.66. The van der Waals surface area contributed by atoms with Crippen molar-refractivity contribution in [2.45, 2.75) is 65.3 Å². The van der Waals surface area contributed by atoms with Gasteiger partial charge in [-0.15, -0.1) is 0 Å². The molecule has 1 aliphatic rings. The molecule has 2 heteroatoms. The van der Waals surface area contributed by atoms with Crippen LogP contribution >= 0.6 is 0 Å². The Hall–Kier alpha value is -0.0800. The molecule has 17 heavy (non-hydrogen) atoms. The lowest BCUT2D eigenvalue weighted by Crippen LogP contribution is -2.41. The molecule has 0 aliphatic heterocycles. The van der Waals surface area contributed by atoms with E-state index >= 15 is 0 Å². The molecule has 0 aromatic carbocycles. The summed E-state index contributed by atoms with van der Waals surface area (Å²) in [5.41, 5.74) is 0. The molecule has 1 N–H and O–H groups in total. The van der Waals surface area contributed by atoms with E-state index in [0.29, 0.717) is 12.0 Å². The first-order valence-electron chi connectivity index (χ1n) is 7.55. The molecule has 0 heterocycles. The zero-order valence-corrected chi connectivity index (χ0v) is 12.0. The quantitative estimate of drug-likeness (QED) is 0.701. The minimum absolute atomic E-state index is 0.592. The maximum atomic E-state index is 5.84. The average Bonchev–Trinajstić information content (AvgIpc) is 2.34. The molecule has 1 atom stereocenters. The number of rotatable bonds is 8. The van der Waals surface area contributed by atoms with E-state index in [1.807, 2.05) is 0 Å². The van der Waals surface area contributed by atoms with E-state index in [1.165, 1.54) is 38.5 Å². The second kappa shape index (κ2) is 8.93. The molecule has 0 aromatic rings. The van der Waals surface area contributed by atoms with Crippen molar-refractivity contribution in [3.63, 3.8) is 0 Å². The second-order valence-corrected chi connectivity index (χ2v) is 5.89. The van der Waals surface area contributed by atoms with Crippen molar-refractivity contribution in [3.05, 3.63) is 0 Å². The third-order valence-corrected chi connectivity index (χ3v) is 3.62. The lowest BCUT2D eigenvalue weighted by Gasteiger charge is -2.31. The van der Waals surface area contributed by atoms with Gasteiger partial charge in [0.05, 0.1) is 6.61 Å². The first-order chi connectivity index (χ1) is 8.24. The number of nitrogens with one attached hydrogen (secondary N) is 1. The maximum absolute atomic E-state index is 5.84. The first kappa shape index (κ1) is 15.0. The molecule has 1 unspecified atom stereocenters. The van der Waals surface area contributed by atoms with Crippen molar-refractivity contribution in [3.8, 4) is 0 Å². The molecule has 1 rings (SSSR count). The predicted octanol–water partition coefficient (Wildman–Crippen LogP) is 3.61. The lowest BCUT2D eigenvalue weighted by molar-refractivity contribution is 0.0680. The lowest BCUT2D eigenvalue weighted by atomic mass is 9.84. The number of hydrogen-bond donors (Lipinski definition) is 1. The van der Waals surface area contributed by atoms with Crippen LogP contribution in [0.15, 0.2) is 0 Å². The van der Waals surface area contributed by atoms with E-state index in [9.17, 15) is 0 Å². The molecule has 0 amide bonds. The van der Waals surface area contributed by atoms with E-state index in [-0.39, 0.29) is 0 Å². The second-order valence-electron chi connectivity index (χ2n) is 5.89. The van der Waals surface area contributed by atoms with Crippen LogP contribution in [0, 0.1) is 11.8 Å². The minimum atomic E-state index is 0.592. The highest BCUT2D eigenvalue weighted by molar-refractivity contribution is 4.79. The molecule has 0 radical (unpaired) electrons. The van der Waals surface area contributed by atoms with Gasteiger partial charge in [0.2, 0.25) is 0 Å². The number of hydrogen-bond acceptors (Lipinski definition) is 2. The summed E-state index contributed by atoms with van der Waals surface area (Å²) >= 11 is 0. The van der Waals surface area contributed by atoms with Gasteiger partial charge < -0.3 is 10.1 Å². The Morgan fingerprint density at radius 1 is 1.12 bits per heavy atom. The Morgan fingerprint density at radius 2 is 1.82 bits per heavy atom. The molecule has 1 saturated carbocycles. The molecular formula is C15H31NO. The van der Waals surface area contributed by atoms with E-state index in [2.05, 4.69) is 26.1 Å². The number of ether oxygens (including phenoxy) is 1. The van der Waals surface area contributed by atoms with E-state index in [4.69, 9.17) is 4.74 Å². The Morgan fingerprint density at radius 3 is 2.41 bits per heavy atom. The van der Waals surface area contributed by atoms with E-state index in [0.717, 1.165) is 25.7 Å². The fourth-order valence-corrected chi connectivity index (χ4v) is 2.66. The SMILES string of the molecule is CCCNC(COCC(C)C)C1CCCCC1. The summed E-state index contributed by atoms with van der Waals surface area (Å²) in [4.78, 5) is 0. The highest BCUT2D eigenvalue weighted by Crippen LogP contribution is 2.26. The Labute approximate surface area is 108 Å². The van der Waals surface area contributed by atoms with Crippen molar-refractivity contribution < 1.29 is 4.74 Å². The first-order valence-corrected chi connectivity index (χ1v) is 7.55. The average molecular weight is 241 g/mol. The largest absolute Gasteiger partial charge is 0.380 e. The smallest absolute Gasteiger partial charge is 0.0622 e. The van der Waals surface area contributed by atoms with Crippen molar-refractivity contribution in [1.82, 2.24) is 5.32 Å². The molecule has 2 nitrogen and oxygen atoms in total. The Bertz CT molecular complexity index is 176. The predicted molar refractivity (Wildman–Crippen MR) is 74.3 cm³/mol. The van der Waals surface area contributed by atoms with Crippen LogP contribution in [-0.4, -0.2) is 25.8 Å². The van der Waals surface area contributed by atoms with E-state index < -0.39 is 0 Å². The topological polar surface area (TPSA) is 21.3 Å². The molecule has 0 aromatic heterocycles. The summed E-state index contributed by atoms with van der Waals surface area (Å²) < 4.78 is 5.84. The summed E-state index contributed by atoms with van der Waals surface area (Å²) in [5.74, 6) is 1.50. The van der Waals surface area contributed by atoms with Crippen LogP contribution in [0.2, 0.25) is 0 Å². The van der Waals surface area contributed by atoms with Gasteiger partial charge in [-0.3, -0.25) is 0 Å². The Kier molecular flexibility index (Phi) is 7.87. The molecule has 102 valence electrons. The highest BCUT2D eigenvalue weighted by atomic mass is 16.5. The zero-order valence-electron chi connectivity index (χ0n) is 12.0. The van der Waals surface area contributed by atoms with Gasteiger partial charge in [-0.1, -0.05) is 40.0 Å². The monoisotopic (exact) mass is 241 g/mol. The van der Waals surface area contributed by atoms with Crippen LogP contribution < -0.4 is 5.32 Å². The zero-order chi connectivity index (χ0) is 12.5. The van der Waals surface area contributed by atoms with Gasteiger partial charge in [-0.25, -0.2) is 0 Å². The van der Waals surface area contributed by atoms with Gasteiger partial charge in [-0.05, 0) is 37.6 Å². The standard InChI is InChI=1S/C15H31NO/c1-4-10-16-15(12-17-11-13(2)3)14-8-6-5-7-9-14/h13-16H,4-12H2,1-3H3. The summed E-state index contributed by atoms with van der Waals surface area (Å²) in [6.07, 6.45) is 8.27. The van der Waals surface area contributed by atoms with Gasteiger partial charge in [0.25, 0.3) is 0 Å². The maximum Gasteiger partial charge on any atom is 0.0622 e. The minimum Gasteiger partial charge on any atom is -0.380 e. The van der Waals surface area contributed by atoms with Crippen molar-refractivity contribution in [1.29, 1.82) is 0 Å². The van der Waals surface area contributed by atoms with E-state index in [1.54, 1.807) is 0 Å².